The van der Waals surface area contributed by atoms with Crippen molar-refractivity contribution in [3.8, 4) is 5.88 Å². The summed E-state index contributed by atoms with van der Waals surface area (Å²) in [5.41, 5.74) is 2.65. The van der Waals surface area contributed by atoms with Gasteiger partial charge in [-0.15, -0.1) is 0 Å². The predicted octanol–water partition coefficient (Wildman–Crippen LogP) is 4.71. The SMILES string of the molecule is CC1CN(c2ccc(Nc3ncc4c(n3)OCN(c3c(Cl)cccc3Cl)C4=O)cc2)CC(C)N1. The zero-order valence-corrected chi connectivity index (χ0v) is 20.3. The number of hydrogen-bond acceptors (Lipinski definition) is 7. The van der Waals surface area contributed by atoms with Crippen molar-refractivity contribution in [2.75, 3.05) is 34.9 Å². The zero-order valence-electron chi connectivity index (χ0n) is 18.8. The average Bonchev–Trinajstić information content (AvgIpc) is 2.80. The highest BCUT2D eigenvalue weighted by Gasteiger charge is 2.31. The number of nitrogens with zero attached hydrogens (tertiary/aromatic N) is 4. The van der Waals surface area contributed by atoms with E-state index in [1.165, 1.54) is 16.8 Å². The number of nitrogens with one attached hydrogen (secondary N) is 2. The number of anilines is 4. The Balaban J connectivity index is 1.31. The second kappa shape index (κ2) is 9.29. The van der Waals surface area contributed by atoms with Gasteiger partial charge in [0.05, 0.1) is 15.7 Å². The average molecular weight is 499 g/mol. The number of piperazine rings is 1. The van der Waals surface area contributed by atoms with Crippen LogP contribution in [0.15, 0.2) is 48.7 Å². The van der Waals surface area contributed by atoms with E-state index in [9.17, 15) is 4.79 Å². The molecule has 2 atom stereocenters. The number of amides is 1. The Kier molecular flexibility index (Phi) is 6.20. The fourth-order valence-corrected chi connectivity index (χ4v) is 4.95. The lowest BCUT2D eigenvalue weighted by Crippen LogP contribution is -2.54. The first-order valence-electron chi connectivity index (χ1n) is 11.0. The van der Waals surface area contributed by atoms with Gasteiger partial charge in [0.15, 0.2) is 6.73 Å². The number of rotatable bonds is 4. The van der Waals surface area contributed by atoms with Crippen LogP contribution in [0.25, 0.3) is 0 Å². The summed E-state index contributed by atoms with van der Waals surface area (Å²) in [6.07, 6.45) is 1.45. The van der Waals surface area contributed by atoms with Gasteiger partial charge in [0, 0.05) is 42.7 Å². The molecule has 3 heterocycles. The first kappa shape index (κ1) is 22.7. The van der Waals surface area contributed by atoms with Crippen LogP contribution in [0.4, 0.5) is 23.0 Å². The number of para-hydroxylation sites is 1. The molecule has 0 bridgehead atoms. The van der Waals surface area contributed by atoms with Crippen molar-refractivity contribution < 1.29 is 9.53 Å². The Hall–Kier alpha value is -3.07. The van der Waals surface area contributed by atoms with Crippen molar-refractivity contribution in [3.05, 3.63) is 64.3 Å². The lowest BCUT2D eigenvalue weighted by molar-refractivity contribution is 0.0932. The summed E-state index contributed by atoms with van der Waals surface area (Å²) in [4.78, 5) is 25.5. The number of halogens is 2. The minimum Gasteiger partial charge on any atom is -0.455 e. The van der Waals surface area contributed by atoms with E-state index in [1.807, 2.05) is 12.1 Å². The molecule has 0 aliphatic carbocycles. The van der Waals surface area contributed by atoms with E-state index in [0.717, 1.165) is 18.8 Å². The number of carbonyl (C=O) groups is 1. The summed E-state index contributed by atoms with van der Waals surface area (Å²) in [5.74, 6) is 0.224. The van der Waals surface area contributed by atoms with Crippen molar-refractivity contribution in [2.24, 2.45) is 0 Å². The van der Waals surface area contributed by atoms with Crippen LogP contribution < -0.4 is 25.2 Å². The van der Waals surface area contributed by atoms with Crippen LogP contribution in [0.3, 0.4) is 0 Å². The lowest BCUT2D eigenvalue weighted by atomic mass is 10.1. The molecule has 3 aromatic rings. The lowest BCUT2D eigenvalue weighted by Gasteiger charge is -2.37. The molecule has 0 saturated carbocycles. The Labute approximate surface area is 207 Å². The molecule has 0 radical (unpaired) electrons. The third-order valence-electron chi connectivity index (χ3n) is 5.81. The van der Waals surface area contributed by atoms with Gasteiger partial charge in [0.2, 0.25) is 11.8 Å². The maximum Gasteiger partial charge on any atom is 0.268 e. The maximum atomic E-state index is 13.0. The van der Waals surface area contributed by atoms with Crippen LogP contribution in [0.2, 0.25) is 10.0 Å². The van der Waals surface area contributed by atoms with Crippen molar-refractivity contribution in [3.63, 3.8) is 0 Å². The van der Waals surface area contributed by atoms with Crippen molar-refractivity contribution in [1.29, 1.82) is 0 Å². The number of aromatic nitrogens is 2. The van der Waals surface area contributed by atoms with E-state index in [0.29, 0.717) is 33.8 Å². The number of hydrogen-bond donors (Lipinski definition) is 2. The summed E-state index contributed by atoms with van der Waals surface area (Å²) in [6.45, 7) is 6.27. The summed E-state index contributed by atoms with van der Waals surface area (Å²) in [6, 6.07) is 14.1. The molecule has 0 spiro atoms. The van der Waals surface area contributed by atoms with E-state index in [4.69, 9.17) is 27.9 Å². The second-order valence-electron chi connectivity index (χ2n) is 8.53. The smallest absolute Gasteiger partial charge is 0.268 e. The molecular formula is C24H24Cl2N6O2. The third-order valence-corrected chi connectivity index (χ3v) is 6.42. The van der Waals surface area contributed by atoms with Gasteiger partial charge < -0.3 is 20.3 Å². The summed E-state index contributed by atoms with van der Waals surface area (Å²) < 4.78 is 5.75. The number of benzene rings is 2. The molecule has 5 rings (SSSR count). The number of fused-ring (bicyclic) bond motifs is 1. The van der Waals surface area contributed by atoms with Gasteiger partial charge in [0.1, 0.15) is 5.56 Å². The van der Waals surface area contributed by atoms with Gasteiger partial charge in [0.25, 0.3) is 5.91 Å². The minimum absolute atomic E-state index is 0.0536. The number of ether oxygens (including phenoxy) is 1. The van der Waals surface area contributed by atoms with Crippen molar-refractivity contribution in [2.45, 2.75) is 25.9 Å². The molecular weight excluding hydrogens is 475 g/mol. The molecule has 2 aliphatic rings. The number of carbonyl (C=O) groups excluding carboxylic acids is 1. The summed E-state index contributed by atoms with van der Waals surface area (Å²) in [5, 5.41) is 7.45. The molecule has 8 nitrogen and oxygen atoms in total. The molecule has 2 N–H and O–H groups in total. The Bertz CT molecular complexity index is 1190. The first-order valence-corrected chi connectivity index (χ1v) is 11.8. The molecule has 10 heteroatoms. The van der Waals surface area contributed by atoms with E-state index in [-0.39, 0.29) is 24.1 Å². The quantitative estimate of drug-likeness (QED) is 0.538. The molecule has 1 aromatic heterocycles. The second-order valence-corrected chi connectivity index (χ2v) is 9.35. The van der Waals surface area contributed by atoms with E-state index in [1.54, 1.807) is 18.2 Å². The normalized spacial score (nSPS) is 20.1. The van der Waals surface area contributed by atoms with Crippen molar-refractivity contribution in [1.82, 2.24) is 15.3 Å². The van der Waals surface area contributed by atoms with Gasteiger partial charge >= 0.3 is 0 Å². The van der Waals surface area contributed by atoms with Crippen LogP contribution >= 0.6 is 23.2 Å². The van der Waals surface area contributed by atoms with Crippen LogP contribution in [0.5, 0.6) is 5.88 Å². The summed E-state index contributed by atoms with van der Waals surface area (Å²) >= 11 is 12.5. The highest BCUT2D eigenvalue weighted by atomic mass is 35.5. The Morgan fingerprint density at radius 2 is 1.74 bits per heavy atom. The van der Waals surface area contributed by atoms with Gasteiger partial charge in [-0.2, -0.15) is 4.98 Å². The first-order chi connectivity index (χ1) is 16.4. The van der Waals surface area contributed by atoms with E-state index < -0.39 is 0 Å². The molecule has 1 saturated heterocycles. The molecule has 34 heavy (non-hydrogen) atoms. The Morgan fingerprint density at radius 1 is 1.06 bits per heavy atom. The molecule has 1 amide bonds. The monoisotopic (exact) mass is 498 g/mol. The van der Waals surface area contributed by atoms with Gasteiger partial charge in [-0.05, 0) is 50.2 Å². The fraction of sp³-hybridized carbons (Fsp3) is 0.292. The van der Waals surface area contributed by atoms with Crippen LogP contribution in [-0.4, -0.2) is 47.8 Å². The van der Waals surface area contributed by atoms with Crippen LogP contribution in [0, 0.1) is 0 Å². The Morgan fingerprint density at radius 3 is 2.41 bits per heavy atom. The van der Waals surface area contributed by atoms with E-state index >= 15 is 0 Å². The molecule has 176 valence electrons. The maximum absolute atomic E-state index is 13.0. The molecule has 2 aliphatic heterocycles. The molecule has 2 unspecified atom stereocenters. The van der Waals surface area contributed by atoms with Crippen LogP contribution in [0.1, 0.15) is 24.2 Å². The highest BCUT2D eigenvalue weighted by molar-refractivity contribution is 6.40. The van der Waals surface area contributed by atoms with Crippen molar-refractivity contribution >= 4 is 52.1 Å². The largest absolute Gasteiger partial charge is 0.455 e. The van der Waals surface area contributed by atoms with Gasteiger partial charge in [-0.3, -0.25) is 9.69 Å². The molecule has 2 aromatic carbocycles. The predicted molar refractivity (Wildman–Crippen MR) is 135 cm³/mol. The zero-order chi connectivity index (χ0) is 23.8. The summed E-state index contributed by atoms with van der Waals surface area (Å²) in [7, 11) is 0. The van der Waals surface area contributed by atoms with Crippen LogP contribution in [-0.2, 0) is 0 Å². The standard InChI is InChI=1S/C24H24Cl2N6O2/c1-14-11-31(12-15(2)28-14)17-8-6-16(7-9-17)29-24-27-10-18-22(30-24)34-13-32(23(18)33)21-19(25)4-3-5-20(21)26/h3-10,14-15,28H,11-13H2,1-2H3,(H,27,29,30). The molecule has 1 fully saturated rings. The highest BCUT2D eigenvalue weighted by Crippen LogP contribution is 2.37. The van der Waals surface area contributed by atoms with E-state index in [2.05, 4.69) is 51.5 Å². The third kappa shape index (κ3) is 4.49. The topological polar surface area (TPSA) is 82.6 Å². The minimum atomic E-state index is -0.327. The fourth-order valence-electron chi connectivity index (χ4n) is 4.35. The van der Waals surface area contributed by atoms with Gasteiger partial charge in [-0.25, -0.2) is 4.98 Å². The van der Waals surface area contributed by atoms with Gasteiger partial charge in [-0.1, -0.05) is 29.3 Å².